The van der Waals surface area contributed by atoms with Crippen LogP contribution in [0.1, 0.15) is 18.9 Å². The van der Waals surface area contributed by atoms with Gasteiger partial charge in [-0.25, -0.2) is 0 Å². The summed E-state index contributed by atoms with van der Waals surface area (Å²) in [5.41, 5.74) is 7.20. The highest BCUT2D eigenvalue weighted by molar-refractivity contribution is 5.94. The summed E-state index contributed by atoms with van der Waals surface area (Å²) >= 11 is 0. The van der Waals surface area contributed by atoms with Crippen molar-refractivity contribution in [3.63, 3.8) is 0 Å². The molecule has 2 N–H and O–H groups in total. The highest BCUT2D eigenvalue weighted by Gasteiger charge is 2.15. The summed E-state index contributed by atoms with van der Waals surface area (Å²) in [7, 11) is 3.36. The minimum absolute atomic E-state index is 0.0887. The molecule has 0 aliphatic rings. The van der Waals surface area contributed by atoms with Crippen molar-refractivity contribution in [2.24, 2.45) is 0 Å². The molecule has 5 nitrogen and oxygen atoms in total. The molecule has 1 aromatic carbocycles. The van der Waals surface area contributed by atoms with Crippen molar-refractivity contribution in [1.29, 1.82) is 0 Å². The molecule has 0 fully saturated rings. The quantitative estimate of drug-likeness (QED) is 0.639. The molecule has 114 valence electrons. The highest BCUT2D eigenvalue weighted by atomic mass is 16.2. The molecule has 0 aliphatic heterocycles. The lowest BCUT2D eigenvalue weighted by molar-refractivity contribution is -0.136. The predicted molar refractivity (Wildman–Crippen MR) is 85.5 cm³/mol. The number of benzene rings is 1. The molecule has 0 bridgehead atoms. The third kappa shape index (κ3) is 5.69. The summed E-state index contributed by atoms with van der Waals surface area (Å²) in [4.78, 5) is 27.0. The average Bonchev–Trinajstić information content (AvgIpc) is 2.44. The lowest BCUT2D eigenvalue weighted by atomic mass is 10.2. The maximum Gasteiger partial charge on any atom is 0.247 e. The summed E-state index contributed by atoms with van der Waals surface area (Å²) in [5.74, 6) is -0.261. The molecular formula is C16H23N3O2. The zero-order chi connectivity index (χ0) is 15.8. The zero-order valence-corrected chi connectivity index (χ0v) is 12.9. The first-order valence-corrected chi connectivity index (χ1v) is 6.96. The lowest BCUT2D eigenvalue weighted by Gasteiger charge is -2.22. The van der Waals surface area contributed by atoms with Crippen LogP contribution in [0.2, 0.25) is 0 Å². The second kappa shape index (κ2) is 8.09. The first kappa shape index (κ1) is 16.8. The summed E-state index contributed by atoms with van der Waals surface area (Å²) in [6.07, 6.45) is 3.99. The number of nitrogens with zero attached hydrogens (tertiary/aromatic N) is 2. The fraction of sp³-hybridized carbons (Fsp3) is 0.375. The van der Waals surface area contributed by atoms with Crippen molar-refractivity contribution in [2.45, 2.75) is 13.3 Å². The van der Waals surface area contributed by atoms with Gasteiger partial charge in [0.05, 0.1) is 6.54 Å². The molecule has 2 amide bonds. The van der Waals surface area contributed by atoms with Gasteiger partial charge in [-0.2, -0.15) is 0 Å². The van der Waals surface area contributed by atoms with E-state index in [4.69, 9.17) is 5.73 Å². The Hall–Kier alpha value is -2.30. The Labute approximate surface area is 126 Å². The van der Waals surface area contributed by atoms with Crippen LogP contribution >= 0.6 is 0 Å². The fourth-order valence-corrected chi connectivity index (χ4v) is 1.78. The maximum atomic E-state index is 12.2. The van der Waals surface area contributed by atoms with Crippen LogP contribution in [0.5, 0.6) is 0 Å². The third-order valence-corrected chi connectivity index (χ3v) is 2.96. The third-order valence-electron chi connectivity index (χ3n) is 2.96. The molecule has 0 unspecified atom stereocenters. The Morgan fingerprint density at radius 2 is 2.00 bits per heavy atom. The topological polar surface area (TPSA) is 66.6 Å². The molecule has 1 aromatic rings. The van der Waals surface area contributed by atoms with Crippen molar-refractivity contribution >= 4 is 23.6 Å². The molecule has 21 heavy (non-hydrogen) atoms. The van der Waals surface area contributed by atoms with E-state index < -0.39 is 0 Å². The SMILES string of the molecule is CCCN(CC(=O)N(C)C)C(=O)/C=C/c1cccc(N)c1. The molecule has 0 saturated carbocycles. The summed E-state index contributed by atoms with van der Waals surface area (Å²) in [5, 5.41) is 0. The number of hydrogen-bond donors (Lipinski definition) is 1. The number of carbonyl (C=O) groups is 2. The molecular weight excluding hydrogens is 266 g/mol. The monoisotopic (exact) mass is 289 g/mol. The Morgan fingerprint density at radius 1 is 1.29 bits per heavy atom. The van der Waals surface area contributed by atoms with E-state index in [2.05, 4.69) is 0 Å². The Balaban J connectivity index is 2.74. The molecule has 0 aromatic heterocycles. The molecule has 0 spiro atoms. The van der Waals surface area contributed by atoms with Gasteiger partial charge in [0.2, 0.25) is 11.8 Å². The molecule has 0 atom stereocenters. The van der Waals surface area contributed by atoms with Crippen LogP contribution in [0.4, 0.5) is 5.69 Å². The molecule has 1 rings (SSSR count). The van der Waals surface area contributed by atoms with Crippen LogP contribution in [0.25, 0.3) is 6.08 Å². The molecule has 0 aliphatic carbocycles. The molecule has 0 saturated heterocycles. The van der Waals surface area contributed by atoms with Crippen LogP contribution < -0.4 is 5.73 Å². The Morgan fingerprint density at radius 3 is 2.57 bits per heavy atom. The van der Waals surface area contributed by atoms with E-state index >= 15 is 0 Å². The van der Waals surface area contributed by atoms with Crippen molar-refractivity contribution in [3.8, 4) is 0 Å². The number of anilines is 1. The van der Waals surface area contributed by atoms with Gasteiger partial charge in [0.25, 0.3) is 0 Å². The average molecular weight is 289 g/mol. The van der Waals surface area contributed by atoms with Gasteiger partial charge in [-0.3, -0.25) is 9.59 Å². The van der Waals surface area contributed by atoms with Crippen molar-refractivity contribution in [1.82, 2.24) is 9.80 Å². The molecule has 0 radical (unpaired) electrons. The zero-order valence-electron chi connectivity index (χ0n) is 12.9. The van der Waals surface area contributed by atoms with E-state index in [0.717, 1.165) is 12.0 Å². The number of nitrogen functional groups attached to an aromatic ring is 1. The Bertz CT molecular complexity index is 524. The van der Waals surface area contributed by atoms with E-state index in [1.807, 2.05) is 19.1 Å². The van der Waals surface area contributed by atoms with Crippen LogP contribution in [0.15, 0.2) is 30.3 Å². The second-order valence-electron chi connectivity index (χ2n) is 5.05. The molecule has 0 heterocycles. The van der Waals surface area contributed by atoms with Crippen LogP contribution in [-0.4, -0.2) is 48.8 Å². The number of amides is 2. The number of rotatable bonds is 6. The van der Waals surface area contributed by atoms with Crippen LogP contribution in [0.3, 0.4) is 0 Å². The van der Waals surface area contributed by atoms with Crippen LogP contribution in [-0.2, 0) is 9.59 Å². The summed E-state index contributed by atoms with van der Waals surface area (Å²) < 4.78 is 0. The molecule has 5 heteroatoms. The van der Waals surface area contributed by atoms with Crippen molar-refractivity contribution in [2.75, 3.05) is 32.9 Å². The minimum Gasteiger partial charge on any atom is -0.399 e. The van der Waals surface area contributed by atoms with Gasteiger partial charge < -0.3 is 15.5 Å². The van der Waals surface area contributed by atoms with Gasteiger partial charge in [-0.1, -0.05) is 19.1 Å². The smallest absolute Gasteiger partial charge is 0.247 e. The van der Waals surface area contributed by atoms with Crippen molar-refractivity contribution in [3.05, 3.63) is 35.9 Å². The summed E-state index contributed by atoms with van der Waals surface area (Å²) in [6, 6.07) is 7.28. The van der Waals surface area contributed by atoms with E-state index in [0.29, 0.717) is 12.2 Å². The van der Waals surface area contributed by atoms with Gasteiger partial charge in [-0.05, 0) is 30.2 Å². The fourth-order valence-electron chi connectivity index (χ4n) is 1.78. The normalized spacial score (nSPS) is 10.6. The largest absolute Gasteiger partial charge is 0.399 e. The summed E-state index contributed by atoms with van der Waals surface area (Å²) in [6.45, 7) is 2.63. The number of likely N-dealkylation sites (N-methyl/N-ethyl adjacent to an activating group) is 1. The predicted octanol–water partition coefficient (Wildman–Crippen LogP) is 1.61. The van der Waals surface area contributed by atoms with Crippen LogP contribution in [0, 0.1) is 0 Å². The van der Waals surface area contributed by atoms with Crippen molar-refractivity contribution < 1.29 is 9.59 Å². The maximum absolute atomic E-state index is 12.2. The second-order valence-corrected chi connectivity index (χ2v) is 5.05. The first-order chi connectivity index (χ1) is 9.93. The van der Waals surface area contributed by atoms with Gasteiger partial charge in [-0.15, -0.1) is 0 Å². The Kier molecular flexibility index (Phi) is 6.46. The number of nitrogens with two attached hydrogens (primary N) is 1. The van der Waals surface area contributed by atoms with Gasteiger partial charge in [0.1, 0.15) is 0 Å². The number of hydrogen-bond acceptors (Lipinski definition) is 3. The van der Waals surface area contributed by atoms with E-state index in [1.165, 1.54) is 11.0 Å². The van der Waals surface area contributed by atoms with Gasteiger partial charge in [0.15, 0.2) is 0 Å². The standard InChI is InChI=1S/C16H23N3O2/c1-4-10-19(12-16(21)18(2)3)15(20)9-8-13-6-5-7-14(17)11-13/h5-9,11H,4,10,12,17H2,1-3H3/b9-8+. The number of carbonyl (C=O) groups excluding carboxylic acids is 2. The van der Waals surface area contributed by atoms with E-state index in [9.17, 15) is 9.59 Å². The van der Waals surface area contributed by atoms with E-state index in [-0.39, 0.29) is 18.4 Å². The highest BCUT2D eigenvalue weighted by Crippen LogP contribution is 2.08. The first-order valence-electron chi connectivity index (χ1n) is 6.96. The van der Waals surface area contributed by atoms with Gasteiger partial charge in [0, 0.05) is 32.4 Å². The lowest BCUT2D eigenvalue weighted by Crippen LogP contribution is -2.39. The van der Waals surface area contributed by atoms with E-state index in [1.54, 1.807) is 37.2 Å². The van der Waals surface area contributed by atoms with Gasteiger partial charge >= 0.3 is 0 Å². The minimum atomic E-state index is -0.172.